The van der Waals surface area contributed by atoms with Gasteiger partial charge in [0.15, 0.2) is 0 Å². The first kappa shape index (κ1) is 12.1. The summed E-state index contributed by atoms with van der Waals surface area (Å²) in [4.78, 5) is 14.2. The quantitative estimate of drug-likeness (QED) is 0.649. The Labute approximate surface area is 104 Å². The zero-order chi connectivity index (χ0) is 13.0. The van der Waals surface area contributed by atoms with Crippen molar-refractivity contribution >= 4 is 11.4 Å². The van der Waals surface area contributed by atoms with Crippen molar-refractivity contribution in [3.63, 3.8) is 0 Å². The van der Waals surface area contributed by atoms with E-state index in [-0.39, 0.29) is 11.7 Å². The lowest BCUT2D eigenvalue weighted by molar-refractivity contribution is -0.384. The SMILES string of the molecule is CC(Cn1ccnc1)Nc1cccc([N+](=O)[O-])c1. The first-order valence-corrected chi connectivity index (χ1v) is 5.62. The van der Waals surface area contributed by atoms with Crippen LogP contribution in [0.15, 0.2) is 43.0 Å². The zero-order valence-corrected chi connectivity index (χ0v) is 9.98. The molecule has 0 saturated heterocycles. The fraction of sp³-hybridized carbons (Fsp3) is 0.250. The predicted octanol–water partition coefficient (Wildman–Crippen LogP) is 2.29. The standard InChI is InChI=1S/C12H14N4O2/c1-10(8-15-6-5-13-9-15)14-11-3-2-4-12(7-11)16(17)18/h2-7,9-10,14H,8H2,1H3. The molecule has 6 heteroatoms. The van der Waals surface area contributed by atoms with E-state index in [0.29, 0.717) is 0 Å². The third kappa shape index (κ3) is 3.07. The van der Waals surface area contributed by atoms with Gasteiger partial charge in [-0.1, -0.05) is 6.07 Å². The highest BCUT2D eigenvalue weighted by atomic mass is 16.6. The molecule has 0 radical (unpaired) electrons. The third-order valence-corrected chi connectivity index (χ3v) is 2.51. The molecule has 0 spiro atoms. The first-order valence-electron chi connectivity index (χ1n) is 5.62. The molecule has 0 amide bonds. The van der Waals surface area contributed by atoms with Crippen molar-refractivity contribution in [3.8, 4) is 0 Å². The van der Waals surface area contributed by atoms with Crippen molar-refractivity contribution in [3.05, 3.63) is 53.1 Å². The van der Waals surface area contributed by atoms with Gasteiger partial charge in [-0.05, 0) is 13.0 Å². The van der Waals surface area contributed by atoms with E-state index in [2.05, 4.69) is 10.3 Å². The van der Waals surface area contributed by atoms with Gasteiger partial charge >= 0.3 is 0 Å². The molecule has 1 aromatic carbocycles. The Kier molecular flexibility index (Phi) is 3.57. The van der Waals surface area contributed by atoms with E-state index >= 15 is 0 Å². The molecule has 1 aromatic heterocycles. The summed E-state index contributed by atoms with van der Waals surface area (Å²) in [5.74, 6) is 0. The summed E-state index contributed by atoms with van der Waals surface area (Å²) in [5.41, 5.74) is 0.839. The molecule has 6 nitrogen and oxygen atoms in total. The van der Waals surface area contributed by atoms with Gasteiger partial charge in [0, 0.05) is 42.8 Å². The van der Waals surface area contributed by atoms with Gasteiger partial charge in [-0.25, -0.2) is 4.98 Å². The Hall–Kier alpha value is -2.37. The average Bonchev–Trinajstić information content (AvgIpc) is 2.82. The van der Waals surface area contributed by atoms with E-state index < -0.39 is 4.92 Å². The number of benzene rings is 1. The molecule has 1 N–H and O–H groups in total. The molecule has 0 bridgehead atoms. The maximum Gasteiger partial charge on any atom is 0.271 e. The topological polar surface area (TPSA) is 73.0 Å². The van der Waals surface area contributed by atoms with Crippen LogP contribution in [-0.4, -0.2) is 20.5 Å². The minimum atomic E-state index is -0.397. The molecule has 0 aliphatic rings. The number of nitrogens with zero attached hydrogens (tertiary/aromatic N) is 3. The highest BCUT2D eigenvalue weighted by Crippen LogP contribution is 2.17. The van der Waals surface area contributed by atoms with Crippen LogP contribution in [0.1, 0.15) is 6.92 Å². The minimum Gasteiger partial charge on any atom is -0.381 e. The second-order valence-corrected chi connectivity index (χ2v) is 4.11. The second kappa shape index (κ2) is 5.31. The molecule has 0 saturated carbocycles. The van der Waals surface area contributed by atoms with Crippen LogP contribution in [0.5, 0.6) is 0 Å². The Morgan fingerprint density at radius 2 is 2.39 bits per heavy atom. The number of hydrogen-bond acceptors (Lipinski definition) is 4. The Bertz CT molecular complexity index is 525. The van der Waals surface area contributed by atoms with E-state index in [1.807, 2.05) is 23.8 Å². The lowest BCUT2D eigenvalue weighted by Gasteiger charge is -2.15. The van der Waals surface area contributed by atoms with E-state index in [1.165, 1.54) is 12.1 Å². The summed E-state index contributed by atoms with van der Waals surface area (Å²) in [6.45, 7) is 2.77. The number of imidazole rings is 1. The molecule has 18 heavy (non-hydrogen) atoms. The number of nitrogens with one attached hydrogen (secondary N) is 1. The molecular weight excluding hydrogens is 232 g/mol. The van der Waals surface area contributed by atoms with Crippen LogP contribution in [0.3, 0.4) is 0 Å². The fourth-order valence-corrected chi connectivity index (χ4v) is 1.75. The highest BCUT2D eigenvalue weighted by Gasteiger charge is 2.07. The summed E-state index contributed by atoms with van der Waals surface area (Å²) in [6.07, 6.45) is 5.34. The van der Waals surface area contributed by atoms with Crippen LogP contribution >= 0.6 is 0 Å². The zero-order valence-electron chi connectivity index (χ0n) is 9.98. The lowest BCUT2D eigenvalue weighted by Crippen LogP contribution is -2.21. The number of aromatic nitrogens is 2. The van der Waals surface area contributed by atoms with Gasteiger partial charge in [-0.3, -0.25) is 10.1 Å². The van der Waals surface area contributed by atoms with Crippen LogP contribution in [0.25, 0.3) is 0 Å². The number of hydrogen-bond donors (Lipinski definition) is 1. The number of rotatable bonds is 5. The largest absolute Gasteiger partial charge is 0.381 e. The predicted molar refractivity (Wildman–Crippen MR) is 68.4 cm³/mol. The van der Waals surface area contributed by atoms with E-state index in [1.54, 1.807) is 18.6 Å². The molecule has 1 heterocycles. The summed E-state index contributed by atoms with van der Waals surface area (Å²) in [7, 11) is 0. The molecule has 0 aliphatic carbocycles. The van der Waals surface area contributed by atoms with Crippen LogP contribution in [-0.2, 0) is 6.54 Å². The molecule has 2 aromatic rings. The maximum atomic E-state index is 10.7. The molecule has 1 unspecified atom stereocenters. The van der Waals surface area contributed by atoms with Crippen molar-refractivity contribution in [1.82, 2.24) is 9.55 Å². The molecule has 0 aliphatic heterocycles. The van der Waals surface area contributed by atoms with Crippen molar-refractivity contribution < 1.29 is 4.92 Å². The van der Waals surface area contributed by atoms with Crippen molar-refractivity contribution in [1.29, 1.82) is 0 Å². The van der Waals surface area contributed by atoms with E-state index in [9.17, 15) is 10.1 Å². The van der Waals surface area contributed by atoms with Crippen LogP contribution < -0.4 is 5.32 Å². The van der Waals surface area contributed by atoms with Crippen molar-refractivity contribution in [2.45, 2.75) is 19.5 Å². The summed E-state index contributed by atoms with van der Waals surface area (Å²) in [5, 5.41) is 13.9. The van der Waals surface area contributed by atoms with Gasteiger partial charge in [-0.2, -0.15) is 0 Å². The highest BCUT2D eigenvalue weighted by molar-refractivity contribution is 5.51. The monoisotopic (exact) mass is 246 g/mol. The summed E-state index contributed by atoms with van der Waals surface area (Å²) in [6, 6.07) is 6.65. The summed E-state index contributed by atoms with van der Waals surface area (Å²) >= 11 is 0. The van der Waals surface area contributed by atoms with Gasteiger partial charge in [0.2, 0.25) is 0 Å². The lowest BCUT2D eigenvalue weighted by atomic mass is 10.2. The Morgan fingerprint density at radius 1 is 1.56 bits per heavy atom. The molecule has 94 valence electrons. The van der Waals surface area contributed by atoms with Crippen LogP contribution in [0.4, 0.5) is 11.4 Å². The van der Waals surface area contributed by atoms with Gasteiger partial charge < -0.3 is 9.88 Å². The second-order valence-electron chi connectivity index (χ2n) is 4.11. The average molecular weight is 246 g/mol. The maximum absolute atomic E-state index is 10.7. The van der Waals surface area contributed by atoms with Gasteiger partial charge in [0.25, 0.3) is 5.69 Å². The summed E-state index contributed by atoms with van der Waals surface area (Å²) < 4.78 is 1.95. The minimum absolute atomic E-state index is 0.0924. The Balaban J connectivity index is 2.00. The first-order chi connectivity index (χ1) is 8.65. The Morgan fingerprint density at radius 3 is 3.06 bits per heavy atom. The van der Waals surface area contributed by atoms with Crippen LogP contribution in [0, 0.1) is 10.1 Å². The van der Waals surface area contributed by atoms with Crippen molar-refractivity contribution in [2.75, 3.05) is 5.32 Å². The van der Waals surface area contributed by atoms with Crippen LogP contribution in [0.2, 0.25) is 0 Å². The molecule has 1 atom stereocenters. The number of nitro benzene ring substituents is 1. The molecular formula is C12H14N4O2. The van der Waals surface area contributed by atoms with E-state index in [4.69, 9.17) is 0 Å². The van der Waals surface area contributed by atoms with Crippen molar-refractivity contribution in [2.24, 2.45) is 0 Å². The fourth-order valence-electron chi connectivity index (χ4n) is 1.75. The number of non-ortho nitro benzene ring substituents is 1. The number of nitro groups is 1. The van der Waals surface area contributed by atoms with Gasteiger partial charge in [-0.15, -0.1) is 0 Å². The molecule has 2 rings (SSSR count). The van der Waals surface area contributed by atoms with Gasteiger partial charge in [0.05, 0.1) is 11.3 Å². The number of anilines is 1. The third-order valence-electron chi connectivity index (χ3n) is 2.51. The van der Waals surface area contributed by atoms with E-state index in [0.717, 1.165) is 12.2 Å². The normalized spacial score (nSPS) is 12.1. The molecule has 0 fully saturated rings. The smallest absolute Gasteiger partial charge is 0.271 e. The van der Waals surface area contributed by atoms with Gasteiger partial charge in [0.1, 0.15) is 0 Å².